The smallest absolute Gasteiger partial charge is 0.319 e. The molecule has 2 saturated heterocycles. The molecule has 10 nitrogen and oxygen atoms in total. The lowest BCUT2D eigenvalue weighted by Gasteiger charge is -2.62. The predicted octanol–water partition coefficient (Wildman–Crippen LogP) is 8.17. The number of β-amino-alcohol motifs (C(OH)–C–C–N with tert-alkyl or cyclic N) is 1. The lowest BCUT2D eigenvalue weighted by Crippen LogP contribution is -2.63. The number of phenolic OH excluding ortho intramolecular Hbond substituents is 1. The number of anilines is 1. The van der Waals surface area contributed by atoms with E-state index in [1.165, 1.54) is 57.1 Å². The van der Waals surface area contributed by atoms with Crippen LogP contribution in [0.25, 0.3) is 32.9 Å². The number of fused-ring (bicyclic) bond motifs is 3. The van der Waals surface area contributed by atoms with E-state index in [4.69, 9.17) is 30.6 Å². The molecule has 2 N–H and O–H groups in total. The van der Waals surface area contributed by atoms with Gasteiger partial charge in [0.25, 0.3) is 0 Å². The second-order valence-corrected chi connectivity index (χ2v) is 17.2. The molecular weight excluding hydrogens is 729 g/mol. The highest BCUT2D eigenvalue weighted by Crippen LogP contribution is 2.60. The third-order valence-corrected chi connectivity index (χ3v) is 13.6. The molecule has 0 radical (unpaired) electrons. The Hall–Kier alpha value is -4.31. The van der Waals surface area contributed by atoms with Gasteiger partial charge in [0, 0.05) is 48.6 Å². The Balaban J connectivity index is 0.00000224. The Bertz CT molecular complexity index is 2210. The predicted molar refractivity (Wildman–Crippen MR) is 217 cm³/mol. The molecule has 12 heteroatoms. The first-order chi connectivity index (χ1) is 27.5. The summed E-state index contributed by atoms with van der Waals surface area (Å²) in [6.45, 7) is 8.09. The topological polar surface area (TPSA) is 113 Å². The van der Waals surface area contributed by atoms with Crippen LogP contribution in [-0.4, -0.2) is 94.3 Å². The van der Waals surface area contributed by atoms with E-state index in [9.17, 15) is 10.2 Å². The van der Waals surface area contributed by atoms with Crippen LogP contribution in [0.3, 0.4) is 0 Å². The van der Waals surface area contributed by atoms with Gasteiger partial charge in [0.1, 0.15) is 34.0 Å². The number of aromatic hydroxyl groups is 1. The Morgan fingerprint density at radius 1 is 0.965 bits per heavy atom. The number of phenols is 1. The summed E-state index contributed by atoms with van der Waals surface area (Å²) in [6, 6.07) is 6.47. The van der Waals surface area contributed by atoms with Crippen LogP contribution in [0.5, 0.6) is 17.6 Å². The number of terminal acetylenes is 1. The minimum Gasteiger partial charge on any atom is -0.508 e. The Morgan fingerprint density at radius 3 is 2.44 bits per heavy atom. The summed E-state index contributed by atoms with van der Waals surface area (Å²) in [7, 11) is 3.24. The van der Waals surface area contributed by atoms with Gasteiger partial charge in [-0.3, -0.25) is 4.90 Å². The van der Waals surface area contributed by atoms with Crippen LogP contribution in [0.1, 0.15) is 97.0 Å². The molecule has 5 aliphatic rings. The lowest BCUT2D eigenvalue weighted by atomic mass is 9.52. The van der Waals surface area contributed by atoms with Crippen molar-refractivity contribution >= 4 is 27.5 Å². The minimum absolute atomic E-state index is 0.0294. The number of piperidine rings is 2. The molecule has 9 rings (SSSR count). The van der Waals surface area contributed by atoms with Crippen molar-refractivity contribution in [3.63, 3.8) is 0 Å². The van der Waals surface area contributed by atoms with E-state index >= 15 is 8.78 Å². The number of methoxy groups -OCH3 is 2. The summed E-state index contributed by atoms with van der Waals surface area (Å²) in [5.41, 5.74) is -0.913. The molecule has 2 aromatic carbocycles. The quantitative estimate of drug-likeness (QED) is 0.170. The number of hydrogen-bond donors (Lipinski definition) is 2. The van der Waals surface area contributed by atoms with Crippen molar-refractivity contribution in [2.24, 2.45) is 10.8 Å². The molecule has 3 atom stereocenters. The average Bonchev–Trinajstić information content (AvgIpc) is 3.61. The second kappa shape index (κ2) is 15.1. The van der Waals surface area contributed by atoms with E-state index in [2.05, 4.69) is 15.8 Å². The fourth-order valence-corrected chi connectivity index (χ4v) is 11.0. The maximum Gasteiger partial charge on any atom is 0.319 e. The van der Waals surface area contributed by atoms with Gasteiger partial charge in [0.2, 0.25) is 5.88 Å². The van der Waals surface area contributed by atoms with Gasteiger partial charge >= 0.3 is 6.01 Å². The molecule has 2 aromatic heterocycles. The highest BCUT2D eigenvalue weighted by molar-refractivity contribution is 6.04. The van der Waals surface area contributed by atoms with Crippen molar-refractivity contribution in [2.45, 2.75) is 115 Å². The van der Waals surface area contributed by atoms with Crippen molar-refractivity contribution in [2.75, 3.05) is 45.4 Å². The highest BCUT2D eigenvalue weighted by Gasteiger charge is 2.58. The van der Waals surface area contributed by atoms with E-state index in [0.29, 0.717) is 60.8 Å². The maximum absolute atomic E-state index is 17.3. The number of rotatable bonds is 8. The Morgan fingerprint density at radius 2 is 1.72 bits per heavy atom. The number of benzene rings is 2. The normalized spacial score (nSPS) is 29.6. The Labute approximate surface area is 333 Å². The first-order valence-corrected chi connectivity index (χ1v) is 20.7. The molecule has 2 aliphatic heterocycles. The summed E-state index contributed by atoms with van der Waals surface area (Å²) in [5.74, 6) is 1.14. The molecule has 4 aromatic rings. The molecule has 3 saturated carbocycles. The van der Waals surface area contributed by atoms with Crippen molar-refractivity contribution in [1.82, 2.24) is 19.9 Å². The average molecular weight is 784 g/mol. The number of pyridine rings is 1. The maximum atomic E-state index is 17.3. The second-order valence-electron chi connectivity index (χ2n) is 17.2. The van der Waals surface area contributed by atoms with Gasteiger partial charge in [-0.25, -0.2) is 13.8 Å². The number of hydrogen-bond acceptors (Lipinski definition) is 10. The molecule has 5 fully saturated rings. The standard InChI is InChI=1S/C43H49F2N5O5.C2H6/c1-5-29-31(44)11-10-25-17-27(51)18-30(33(25)29)36-35(45)37-34(39(46-36)54-4)38(49-15-7-12-41(2,52)23-49)48-40(47-37)55-24-43-13-6-9-32(43)50(16-8-14-43)26-19-42(20-26)21-28(22-42)53-3;1-2/h1,10-11,17-18,26,28,32,51-52H,6-9,12-16,19-24H2,2-4H3;1-2H3. The van der Waals surface area contributed by atoms with E-state index in [0.717, 1.165) is 38.6 Å². The van der Waals surface area contributed by atoms with Gasteiger partial charge < -0.3 is 29.3 Å². The zero-order valence-corrected chi connectivity index (χ0v) is 33.8. The van der Waals surface area contributed by atoms with Gasteiger partial charge in [-0.15, -0.1) is 6.42 Å². The highest BCUT2D eigenvalue weighted by atomic mass is 19.1. The van der Waals surface area contributed by atoms with Crippen LogP contribution in [0.2, 0.25) is 0 Å². The van der Waals surface area contributed by atoms with Crippen LogP contribution in [-0.2, 0) is 4.74 Å². The number of nitrogens with zero attached hydrogens (tertiary/aromatic N) is 5. The third kappa shape index (κ3) is 6.83. The number of aliphatic hydroxyl groups is 1. The Kier molecular flexibility index (Phi) is 10.5. The number of aromatic nitrogens is 3. The fourth-order valence-electron chi connectivity index (χ4n) is 11.0. The summed E-state index contributed by atoms with van der Waals surface area (Å²) >= 11 is 0. The van der Waals surface area contributed by atoms with Crippen molar-refractivity contribution in [3.05, 3.63) is 41.5 Å². The molecule has 57 heavy (non-hydrogen) atoms. The molecular formula is C45H55F2N5O5. The van der Waals surface area contributed by atoms with E-state index in [-0.39, 0.29) is 62.7 Å². The molecule has 0 bridgehead atoms. The van der Waals surface area contributed by atoms with Crippen LogP contribution in [0.15, 0.2) is 24.3 Å². The van der Waals surface area contributed by atoms with E-state index < -0.39 is 17.2 Å². The zero-order valence-electron chi connectivity index (χ0n) is 33.8. The zero-order chi connectivity index (χ0) is 40.3. The van der Waals surface area contributed by atoms with E-state index in [1.807, 2.05) is 25.9 Å². The van der Waals surface area contributed by atoms with Gasteiger partial charge in [-0.1, -0.05) is 32.3 Å². The van der Waals surface area contributed by atoms with Gasteiger partial charge in [-0.2, -0.15) is 9.97 Å². The first kappa shape index (κ1) is 39.5. The lowest BCUT2D eigenvalue weighted by molar-refractivity contribution is -0.154. The van der Waals surface area contributed by atoms with E-state index in [1.54, 1.807) is 6.92 Å². The first-order valence-electron chi connectivity index (χ1n) is 20.7. The molecule has 1 spiro atoms. The number of ether oxygens (including phenoxy) is 3. The molecule has 4 heterocycles. The SMILES string of the molecule is C#Cc1c(F)ccc2cc(O)cc(-c3nc(OC)c4c(N5CCCC(C)(O)C5)nc(OCC56CCCC5N(C5CC7(CC(OC)C7)C5)CCC6)nc4c3F)c12.CC. The van der Waals surface area contributed by atoms with Crippen molar-refractivity contribution in [1.29, 1.82) is 0 Å². The molecule has 3 unspecified atom stereocenters. The minimum atomic E-state index is -1.00. The summed E-state index contributed by atoms with van der Waals surface area (Å²) in [6.07, 6.45) is 17.7. The molecule has 0 amide bonds. The summed E-state index contributed by atoms with van der Waals surface area (Å²) in [5, 5.41) is 22.8. The van der Waals surface area contributed by atoms with Crippen molar-refractivity contribution in [3.8, 4) is 41.2 Å². The summed E-state index contributed by atoms with van der Waals surface area (Å²) < 4.78 is 50.4. The van der Waals surface area contributed by atoms with Crippen LogP contribution in [0.4, 0.5) is 14.6 Å². The van der Waals surface area contributed by atoms with Crippen LogP contribution >= 0.6 is 0 Å². The van der Waals surface area contributed by atoms with Gasteiger partial charge in [-0.05, 0) is 107 Å². The largest absolute Gasteiger partial charge is 0.508 e. The van der Waals surface area contributed by atoms with Crippen LogP contribution < -0.4 is 14.4 Å². The van der Waals surface area contributed by atoms with Gasteiger partial charge in [0.15, 0.2) is 5.82 Å². The number of halogens is 2. The summed E-state index contributed by atoms with van der Waals surface area (Å²) in [4.78, 5) is 19.0. The fraction of sp³-hybridized carbons (Fsp3) is 0.578. The number of likely N-dealkylation sites (tertiary alicyclic amines) is 1. The molecule has 3 aliphatic carbocycles. The van der Waals surface area contributed by atoms with Crippen LogP contribution in [0, 0.1) is 34.8 Å². The third-order valence-electron chi connectivity index (χ3n) is 13.6. The van der Waals surface area contributed by atoms with Crippen molar-refractivity contribution < 1.29 is 33.2 Å². The monoisotopic (exact) mass is 783 g/mol. The molecule has 304 valence electrons. The van der Waals surface area contributed by atoms with Gasteiger partial charge in [0.05, 0.1) is 31.0 Å².